The number of rotatable bonds is 5. The van der Waals surface area contributed by atoms with Gasteiger partial charge in [-0.25, -0.2) is 0 Å². The quantitative estimate of drug-likeness (QED) is 0.893. The molecule has 0 unspecified atom stereocenters. The Bertz CT molecular complexity index is 524. The van der Waals surface area contributed by atoms with Crippen LogP contribution in [0.25, 0.3) is 0 Å². The second-order valence-electron chi connectivity index (χ2n) is 4.50. The van der Waals surface area contributed by atoms with Crippen LogP contribution in [-0.2, 0) is 6.61 Å². The summed E-state index contributed by atoms with van der Waals surface area (Å²) < 4.78 is 11.1. The number of nitrogens with two attached hydrogens (primary N) is 1. The molecule has 0 saturated heterocycles. The first kappa shape index (κ1) is 13.4. The maximum atomic E-state index is 5.90. The molecule has 100 valence electrons. The molecule has 0 radical (unpaired) electrons. The van der Waals surface area contributed by atoms with Gasteiger partial charge in [-0.1, -0.05) is 30.3 Å². The Balaban J connectivity index is 2.13. The van der Waals surface area contributed by atoms with Gasteiger partial charge in [0.2, 0.25) is 0 Å². The molecule has 1 atom stereocenters. The Kier molecular flexibility index (Phi) is 4.42. The molecule has 0 fully saturated rings. The monoisotopic (exact) mass is 257 g/mol. The SMILES string of the molecule is COc1cc(OCc2ccccc2)cc([C@@H](C)N)c1. The topological polar surface area (TPSA) is 44.5 Å². The summed E-state index contributed by atoms with van der Waals surface area (Å²) in [5.74, 6) is 1.54. The highest BCUT2D eigenvalue weighted by Crippen LogP contribution is 2.26. The number of benzene rings is 2. The van der Waals surface area contributed by atoms with E-state index in [4.69, 9.17) is 15.2 Å². The summed E-state index contributed by atoms with van der Waals surface area (Å²) in [5, 5.41) is 0. The number of ether oxygens (including phenoxy) is 2. The first-order valence-electron chi connectivity index (χ1n) is 6.30. The molecule has 2 N–H and O–H groups in total. The molecule has 3 heteroatoms. The average Bonchev–Trinajstić information content (AvgIpc) is 2.45. The second kappa shape index (κ2) is 6.25. The van der Waals surface area contributed by atoms with Crippen molar-refractivity contribution in [3.63, 3.8) is 0 Å². The normalized spacial score (nSPS) is 11.9. The fraction of sp³-hybridized carbons (Fsp3) is 0.250. The van der Waals surface area contributed by atoms with Crippen LogP contribution in [0.3, 0.4) is 0 Å². The van der Waals surface area contributed by atoms with Gasteiger partial charge < -0.3 is 15.2 Å². The Morgan fingerprint density at radius 2 is 1.74 bits per heavy atom. The highest BCUT2D eigenvalue weighted by Gasteiger charge is 2.06. The molecule has 2 rings (SSSR count). The van der Waals surface area contributed by atoms with Gasteiger partial charge >= 0.3 is 0 Å². The summed E-state index contributed by atoms with van der Waals surface area (Å²) in [6, 6.07) is 15.8. The van der Waals surface area contributed by atoms with Crippen LogP contribution in [0.5, 0.6) is 11.5 Å². The fourth-order valence-electron chi connectivity index (χ4n) is 1.80. The van der Waals surface area contributed by atoms with Gasteiger partial charge in [0, 0.05) is 12.1 Å². The lowest BCUT2D eigenvalue weighted by Crippen LogP contribution is -2.06. The van der Waals surface area contributed by atoms with E-state index < -0.39 is 0 Å². The van der Waals surface area contributed by atoms with Crippen molar-refractivity contribution in [2.75, 3.05) is 7.11 Å². The number of methoxy groups -OCH3 is 1. The van der Waals surface area contributed by atoms with Crippen LogP contribution in [0.15, 0.2) is 48.5 Å². The van der Waals surface area contributed by atoms with Crippen LogP contribution in [0.2, 0.25) is 0 Å². The van der Waals surface area contributed by atoms with Crippen molar-refractivity contribution in [1.29, 1.82) is 0 Å². The molecular formula is C16H19NO2. The van der Waals surface area contributed by atoms with Crippen LogP contribution in [0, 0.1) is 0 Å². The predicted molar refractivity (Wildman–Crippen MR) is 76.4 cm³/mol. The first-order chi connectivity index (χ1) is 9.19. The standard InChI is InChI=1S/C16H19NO2/c1-12(17)14-8-15(18-2)10-16(9-14)19-11-13-6-4-3-5-7-13/h3-10,12H,11,17H2,1-2H3/t12-/m1/s1. The lowest BCUT2D eigenvalue weighted by molar-refractivity contribution is 0.303. The second-order valence-corrected chi connectivity index (χ2v) is 4.50. The minimum Gasteiger partial charge on any atom is -0.497 e. The molecule has 3 nitrogen and oxygen atoms in total. The van der Waals surface area contributed by atoms with Gasteiger partial charge in [0.05, 0.1) is 7.11 Å². The molecule has 0 spiro atoms. The zero-order chi connectivity index (χ0) is 13.7. The maximum absolute atomic E-state index is 5.90. The average molecular weight is 257 g/mol. The lowest BCUT2D eigenvalue weighted by atomic mass is 10.1. The summed E-state index contributed by atoms with van der Waals surface area (Å²) in [7, 11) is 1.64. The molecular weight excluding hydrogens is 238 g/mol. The molecule has 2 aromatic rings. The van der Waals surface area contributed by atoms with E-state index in [0.29, 0.717) is 6.61 Å². The Hall–Kier alpha value is -2.00. The molecule has 0 saturated carbocycles. The molecule has 19 heavy (non-hydrogen) atoms. The van der Waals surface area contributed by atoms with Crippen LogP contribution in [-0.4, -0.2) is 7.11 Å². The summed E-state index contributed by atoms with van der Waals surface area (Å²) in [5.41, 5.74) is 8.04. The van der Waals surface area contributed by atoms with Crippen molar-refractivity contribution in [3.8, 4) is 11.5 Å². The van der Waals surface area contributed by atoms with Crippen molar-refractivity contribution in [3.05, 3.63) is 59.7 Å². The van der Waals surface area contributed by atoms with E-state index in [-0.39, 0.29) is 6.04 Å². The van der Waals surface area contributed by atoms with Gasteiger partial charge in [-0.2, -0.15) is 0 Å². The highest BCUT2D eigenvalue weighted by atomic mass is 16.5. The Morgan fingerprint density at radius 1 is 1.05 bits per heavy atom. The summed E-state index contributed by atoms with van der Waals surface area (Å²) in [4.78, 5) is 0. The first-order valence-corrected chi connectivity index (χ1v) is 6.30. The summed E-state index contributed by atoms with van der Waals surface area (Å²) in [6.07, 6.45) is 0. The third-order valence-corrected chi connectivity index (χ3v) is 2.91. The summed E-state index contributed by atoms with van der Waals surface area (Å²) in [6.45, 7) is 2.47. The van der Waals surface area contributed by atoms with E-state index in [9.17, 15) is 0 Å². The largest absolute Gasteiger partial charge is 0.497 e. The fourth-order valence-corrected chi connectivity index (χ4v) is 1.80. The zero-order valence-corrected chi connectivity index (χ0v) is 11.3. The van der Waals surface area contributed by atoms with Gasteiger partial charge in [0.15, 0.2) is 0 Å². The van der Waals surface area contributed by atoms with Crippen molar-refractivity contribution < 1.29 is 9.47 Å². The van der Waals surface area contributed by atoms with Crippen molar-refractivity contribution in [2.24, 2.45) is 5.73 Å². The molecule has 0 bridgehead atoms. The predicted octanol–water partition coefficient (Wildman–Crippen LogP) is 3.29. The molecule has 0 aliphatic heterocycles. The third kappa shape index (κ3) is 3.73. The van der Waals surface area contributed by atoms with Gasteiger partial charge in [0.25, 0.3) is 0 Å². The molecule has 0 amide bonds. The van der Waals surface area contributed by atoms with Crippen LogP contribution in [0.1, 0.15) is 24.1 Å². The lowest BCUT2D eigenvalue weighted by Gasteiger charge is -2.12. The van der Waals surface area contributed by atoms with Crippen LogP contribution < -0.4 is 15.2 Å². The van der Waals surface area contributed by atoms with E-state index in [0.717, 1.165) is 22.6 Å². The van der Waals surface area contributed by atoms with E-state index in [1.165, 1.54) is 0 Å². The molecule has 2 aromatic carbocycles. The minimum absolute atomic E-state index is 0.0471. The molecule has 0 aromatic heterocycles. The van der Waals surface area contributed by atoms with Crippen molar-refractivity contribution >= 4 is 0 Å². The van der Waals surface area contributed by atoms with Crippen molar-refractivity contribution in [1.82, 2.24) is 0 Å². The van der Waals surface area contributed by atoms with Gasteiger partial charge in [-0.05, 0) is 30.2 Å². The molecule has 0 aliphatic carbocycles. The molecule has 0 heterocycles. The van der Waals surface area contributed by atoms with Crippen LogP contribution in [0.4, 0.5) is 0 Å². The van der Waals surface area contributed by atoms with Gasteiger partial charge in [-0.3, -0.25) is 0 Å². The van der Waals surface area contributed by atoms with Gasteiger partial charge in [-0.15, -0.1) is 0 Å². The summed E-state index contributed by atoms with van der Waals surface area (Å²) >= 11 is 0. The third-order valence-electron chi connectivity index (χ3n) is 2.91. The highest BCUT2D eigenvalue weighted by molar-refractivity contribution is 5.39. The smallest absolute Gasteiger partial charge is 0.123 e. The number of hydrogen-bond donors (Lipinski definition) is 1. The van der Waals surface area contributed by atoms with E-state index >= 15 is 0 Å². The zero-order valence-electron chi connectivity index (χ0n) is 11.3. The van der Waals surface area contributed by atoms with E-state index in [2.05, 4.69) is 0 Å². The number of hydrogen-bond acceptors (Lipinski definition) is 3. The van der Waals surface area contributed by atoms with E-state index in [1.54, 1.807) is 7.11 Å². The molecule has 0 aliphatic rings. The Morgan fingerprint density at radius 3 is 2.37 bits per heavy atom. The van der Waals surface area contributed by atoms with Crippen molar-refractivity contribution in [2.45, 2.75) is 19.6 Å². The van der Waals surface area contributed by atoms with Crippen LogP contribution >= 0.6 is 0 Å². The maximum Gasteiger partial charge on any atom is 0.123 e. The minimum atomic E-state index is -0.0471. The van der Waals surface area contributed by atoms with Gasteiger partial charge in [0.1, 0.15) is 18.1 Å². The van der Waals surface area contributed by atoms with E-state index in [1.807, 2.05) is 55.5 Å². The Labute approximate surface area is 114 Å².